The van der Waals surface area contributed by atoms with E-state index in [9.17, 15) is 24.3 Å². The Balaban J connectivity index is 1.23. The lowest BCUT2D eigenvalue weighted by Gasteiger charge is -2.29. The SMILES string of the molecule is COc1ccc2c(c1)CCC/C2=N\O[C@@H]1C[C@H]2C(=O)N[C@@]3(C(=O)O)C[C@H]3/C=C\CCCCC[C@H](NC(=O)OC3CCCC3)C(=O)N2C1. The average molecular weight is 651 g/mol. The van der Waals surface area contributed by atoms with E-state index < -0.39 is 47.6 Å². The zero-order valence-corrected chi connectivity index (χ0v) is 27.1. The number of amides is 3. The maximum atomic E-state index is 14.2. The van der Waals surface area contributed by atoms with Crippen LogP contribution >= 0.6 is 0 Å². The Kier molecular flexibility index (Phi) is 10.0. The number of carboxylic acid groups (broad SMARTS) is 1. The number of nitrogens with zero attached hydrogens (tertiary/aromatic N) is 2. The Morgan fingerprint density at radius 1 is 1.04 bits per heavy atom. The number of methoxy groups -OCH3 is 1. The molecule has 12 heteroatoms. The van der Waals surface area contributed by atoms with Gasteiger partial charge in [0.25, 0.3) is 0 Å². The van der Waals surface area contributed by atoms with Gasteiger partial charge in [0, 0.05) is 17.9 Å². The molecule has 2 heterocycles. The van der Waals surface area contributed by atoms with Gasteiger partial charge in [-0.05, 0) is 94.4 Å². The van der Waals surface area contributed by atoms with Gasteiger partial charge >= 0.3 is 12.1 Å². The summed E-state index contributed by atoms with van der Waals surface area (Å²) in [6.07, 6.45) is 12.6. The standard InChI is InChI=1S/C35H46N4O8/c1-45-25-16-17-27-22(18-25)10-9-15-28(27)38-47-26-19-30-31(40)37-35(33(42)43)20-23(35)11-5-3-2-4-6-14-29(32(41)39(30)21-26)36-34(44)46-24-12-7-8-13-24/h5,11,16-18,23-24,26,29-30H,2-4,6-10,12-15,19-21H2,1H3,(H,36,44)(H,37,40)(H,42,43)/b11-5-,38-28+/t23-,26-,29+,30+,35+/m1/s1. The summed E-state index contributed by atoms with van der Waals surface area (Å²) in [5, 5.41) is 20.2. The van der Waals surface area contributed by atoms with E-state index in [4.69, 9.17) is 14.3 Å². The van der Waals surface area contributed by atoms with Gasteiger partial charge in [-0.3, -0.25) is 9.59 Å². The number of rotatable bonds is 6. The maximum absolute atomic E-state index is 14.2. The fourth-order valence-electron chi connectivity index (χ4n) is 7.47. The zero-order chi connectivity index (χ0) is 33.0. The molecule has 5 atom stereocenters. The fraction of sp³-hybridized carbons (Fsp3) is 0.629. The van der Waals surface area contributed by atoms with Crippen molar-refractivity contribution in [1.29, 1.82) is 0 Å². The molecule has 2 aliphatic heterocycles. The molecule has 1 saturated heterocycles. The monoisotopic (exact) mass is 650 g/mol. The number of hydrogen-bond acceptors (Lipinski definition) is 8. The number of oxime groups is 1. The van der Waals surface area contributed by atoms with Crippen LogP contribution in [0.15, 0.2) is 35.5 Å². The molecule has 3 fully saturated rings. The predicted octanol–water partition coefficient (Wildman–Crippen LogP) is 4.24. The molecule has 0 aromatic heterocycles. The van der Waals surface area contributed by atoms with Crippen LogP contribution in [0, 0.1) is 5.92 Å². The topological polar surface area (TPSA) is 156 Å². The first-order chi connectivity index (χ1) is 22.8. The summed E-state index contributed by atoms with van der Waals surface area (Å²) in [6, 6.07) is 3.98. The molecule has 47 heavy (non-hydrogen) atoms. The van der Waals surface area contributed by atoms with Gasteiger partial charge in [0.2, 0.25) is 11.8 Å². The van der Waals surface area contributed by atoms with Crippen LogP contribution in [0.2, 0.25) is 0 Å². The van der Waals surface area contributed by atoms with Crippen molar-refractivity contribution in [2.24, 2.45) is 11.1 Å². The number of carbonyl (C=O) groups is 4. The number of benzene rings is 1. The number of carboxylic acids is 1. The lowest BCUT2D eigenvalue weighted by atomic mass is 9.90. The third kappa shape index (κ3) is 7.41. The molecular formula is C35H46N4O8. The van der Waals surface area contributed by atoms with E-state index in [1.54, 1.807) is 7.11 Å². The van der Waals surface area contributed by atoms with Crippen molar-refractivity contribution in [2.45, 2.75) is 120 Å². The number of aliphatic carboxylic acids is 1. The maximum Gasteiger partial charge on any atom is 0.408 e. The Morgan fingerprint density at radius 3 is 2.64 bits per heavy atom. The molecule has 0 radical (unpaired) electrons. The van der Waals surface area contributed by atoms with Crippen molar-refractivity contribution >= 4 is 29.6 Å². The molecule has 0 unspecified atom stereocenters. The highest BCUT2D eigenvalue weighted by molar-refractivity contribution is 6.02. The number of alkyl carbamates (subject to hydrolysis) is 1. The molecule has 5 aliphatic rings. The minimum atomic E-state index is -1.41. The second-order valence-corrected chi connectivity index (χ2v) is 13.5. The number of allylic oxidation sites excluding steroid dienone is 1. The Bertz CT molecular complexity index is 1420. The summed E-state index contributed by atoms with van der Waals surface area (Å²) in [5.74, 6) is -1.59. The Hall–Kier alpha value is -4.09. The lowest BCUT2D eigenvalue weighted by molar-refractivity contribution is -0.145. The smallest absolute Gasteiger partial charge is 0.408 e. The summed E-state index contributed by atoms with van der Waals surface area (Å²) in [4.78, 5) is 60.8. The van der Waals surface area contributed by atoms with E-state index in [1.807, 2.05) is 30.4 Å². The van der Waals surface area contributed by atoms with Gasteiger partial charge in [0.1, 0.15) is 35.6 Å². The molecule has 1 aromatic rings. The molecule has 6 rings (SSSR count). The number of ether oxygens (including phenoxy) is 2. The first-order valence-corrected chi connectivity index (χ1v) is 17.2. The Morgan fingerprint density at radius 2 is 1.85 bits per heavy atom. The van der Waals surface area contributed by atoms with Gasteiger partial charge in [-0.15, -0.1) is 0 Å². The number of nitrogens with one attached hydrogen (secondary N) is 2. The highest BCUT2D eigenvalue weighted by atomic mass is 16.6. The van der Waals surface area contributed by atoms with Crippen LogP contribution in [0.25, 0.3) is 0 Å². The molecular weight excluding hydrogens is 604 g/mol. The predicted molar refractivity (Wildman–Crippen MR) is 172 cm³/mol. The van der Waals surface area contributed by atoms with Crippen LogP contribution in [0.5, 0.6) is 5.75 Å². The van der Waals surface area contributed by atoms with Crippen molar-refractivity contribution in [3.63, 3.8) is 0 Å². The van der Waals surface area contributed by atoms with Crippen LogP contribution in [0.3, 0.4) is 0 Å². The van der Waals surface area contributed by atoms with Crippen LogP contribution in [-0.2, 0) is 30.4 Å². The van der Waals surface area contributed by atoms with E-state index in [0.29, 0.717) is 19.3 Å². The highest BCUT2D eigenvalue weighted by Gasteiger charge is 2.61. The Labute approximate surface area is 275 Å². The van der Waals surface area contributed by atoms with Gasteiger partial charge in [0.15, 0.2) is 0 Å². The molecule has 254 valence electrons. The number of aryl methyl sites for hydroxylation is 1. The van der Waals surface area contributed by atoms with Crippen molar-refractivity contribution < 1.29 is 38.6 Å². The first kappa shape index (κ1) is 32.8. The van der Waals surface area contributed by atoms with Crippen molar-refractivity contribution in [2.75, 3.05) is 13.7 Å². The van der Waals surface area contributed by atoms with Crippen molar-refractivity contribution in [3.05, 3.63) is 41.5 Å². The third-order valence-corrected chi connectivity index (χ3v) is 10.3. The summed E-state index contributed by atoms with van der Waals surface area (Å²) in [6.45, 7) is 0.0719. The molecule has 2 saturated carbocycles. The minimum Gasteiger partial charge on any atom is -0.497 e. The zero-order valence-electron chi connectivity index (χ0n) is 27.1. The molecule has 3 amide bonds. The normalized spacial score (nSPS) is 31.3. The summed E-state index contributed by atoms with van der Waals surface area (Å²) >= 11 is 0. The van der Waals surface area contributed by atoms with Gasteiger partial charge in [-0.25, -0.2) is 9.59 Å². The molecule has 1 aromatic carbocycles. The molecule has 12 nitrogen and oxygen atoms in total. The third-order valence-electron chi connectivity index (χ3n) is 10.3. The van der Waals surface area contributed by atoms with Crippen LogP contribution in [0.1, 0.15) is 94.6 Å². The largest absolute Gasteiger partial charge is 0.497 e. The highest BCUT2D eigenvalue weighted by Crippen LogP contribution is 2.45. The van der Waals surface area contributed by atoms with Gasteiger partial charge in [-0.1, -0.05) is 30.1 Å². The van der Waals surface area contributed by atoms with Gasteiger partial charge < -0.3 is 35.0 Å². The summed E-state index contributed by atoms with van der Waals surface area (Å²) in [7, 11) is 1.63. The van der Waals surface area contributed by atoms with Crippen LogP contribution in [0.4, 0.5) is 4.79 Å². The number of fused-ring (bicyclic) bond motifs is 3. The molecule has 0 spiro atoms. The van der Waals surface area contributed by atoms with Crippen molar-refractivity contribution in [1.82, 2.24) is 15.5 Å². The molecule has 3 N–H and O–H groups in total. The fourth-order valence-corrected chi connectivity index (χ4v) is 7.47. The lowest BCUT2D eigenvalue weighted by Crippen LogP contribution is -2.56. The first-order valence-electron chi connectivity index (χ1n) is 17.2. The van der Waals surface area contributed by atoms with Crippen LogP contribution < -0.4 is 15.4 Å². The molecule has 3 aliphatic carbocycles. The summed E-state index contributed by atoms with van der Waals surface area (Å²) in [5.41, 5.74) is 1.50. The average Bonchev–Trinajstić information content (AvgIpc) is 3.35. The number of hydrogen-bond donors (Lipinski definition) is 3. The van der Waals surface area contributed by atoms with Gasteiger partial charge in [-0.2, -0.15) is 0 Å². The quantitative estimate of drug-likeness (QED) is 0.305. The van der Waals surface area contributed by atoms with E-state index in [1.165, 1.54) is 4.90 Å². The van der Waals surface area contributed by atoms with Gasteiger partial charge in [0.05, 0.1) is 19.4 Å². The second kappa shape index (κ2) is 14.4. The van der Waals surface area contributed by atoms with E-state index in [0.717, 1.165) is 86.8 Å². The van der Waals surface area contributed by atoms with E-state index >= 15 is 0 Å². The van der Waals surface area contributed by atoms with E-state index in [-0.39, 0.29) is 25.0 Å². The second-order valence-electron chi connectivity index (χ2n) is 13.5. The number of carbonyl (C=O) groups excluding carboxylic acids is 3. The molecule has 0 bridgehead atoms. The van der Waals surface area contributed by atoms with E-state index in [2.05, 4.69) is 15.8 Å². The minimum absolute atomic E-state index is 0.0719. The summed E-state index contributed by atoms with van der Waals surface area (Å²) < 4.78 is 11.0. The van der Waals surface area contributed by atoms with Crippen LogP contribution in [-0.4, -0.2) is 83.1 Å². The van der Waals surface area contributed by atoms with Crippen molar-refractivity contribution in [3.8, 4) is 5.75 Å².